The molecule has 0 radical (unpaired) electrons. The number of para-hydroxylation sites is 1. The highest BCUT2D eigenvalue weighted by atomic mass is 16.5. The molecule has 1 atom stereocenters. The van der Waals surface area contributed by atoms with Gasteiger partial charge in [-0.25, -0.2) is 0 Å². The SMILES string of the molecule is COc1ccc(COCC2CC(=O)N(c3c(C)cccc3C)C2)cc1. The lowest BCUT2D eigenvalue weighted by Gasteiger charge is -2.21. The third-order valence-electron chi connectivity index (χ3n) is 4.70. The van der Waals surface area contributed by atoms with Gasteiger partial charge in [0.15, 0.2) is 0 Å². The largest absolute Gasteiger partial charge is 0.497 e. The Bertz CT molecular complexity index is 719. The molecule has 1 aliphatic rings. The Morgan fingerprint density at radius 3 is 2.40 bits per heavy atom. The Balaban J connectivity index is 1.56. The molecule has 4 heteroatoms. The summed E-state index contributed by atoms with van der Waals surface area (Å²) in [7, 11) is 1.66. The standard InChI is InChI=1S/C21H25NO3/c1-15-5-4-6-16(2)21(15)22-12-18(11-20(22)23)14-25-13-17-7-9-19(24-3)10-8-17/h4-10,18H,11-14H2,1-3H3. The van der Waals surface area contributed by atoms with Gasteiger partial charge in [-0.15, -0.1) is 0 Å². The monoisotopic (exact) mass is 339 g/mol. The lowest BCUT2D eigenvalue weighted by atomic mass is 10.1. The van der Waals surface area contributed by atoms with Crippen LogP contribution in [-0.4, -0.2) is 26.2 Å². The van der Waals surface area contributed by atoms with E-state index >= 15 is 0 Å². The van der Waals surface area contributed by atoms with Gasteiger partial charge in [-0.3, -0.25) is 4.79 Å². The minimum atomic E-state index is 0.190. The van der Waals surface area contributed by atoms with Crippen LogP contribution < -0.4 is 9.64 Å². The number of aryl methyl sites for hydroxylation is 2. The third kappa shape index (κ3) is 4.02. The van der Waals surface area contributed by atoms with Gasteiger partial charge in [-0.2, -0.15) is 0 Å². The fraction of sp³-hybridized carbons (Fsp3) is 0.381. The van der Waals surface area contributed by atoms with Crippen LogP contribution in [0.3, 0.4) is 0 Å². The van der Waals surface area contributed by atoms with E-state index in [0.29, 0.717) is 19.6 Å². The van der Waals surface area contributed by atoms with E-state index in [-0.39, 0.29) is 11.8 Å². The molecule has 1 unspecified atom stereocenters. The number of benzene rings is 2. The second kappa shape index (κ2) is 7.70. The van der Waals surface area contributed by atoms with Gasteiger partial charge in [-0.1, -0.05) is 30.3 Å². The maximum atomic E-state index is 12.4. The average Bonchev–Trinajstić information content (AvgIpc) is 2.96. The first-order chi connectivity index (χ1) is 12.1. The molecule has 0 bridgehead atoms. The van der Waals surface area contributed by atoms with E-state index in [9.17, 15) is 4.79 Å². The lowest BCUT2D eigenvalue weighted by molar-refractivity contribution is -0.117. The van der Waals surface area contributed by atoms with Crippen molar-refractivity contribution >= 4 is 11.6 Å². The Kier molecular flexibility index (Phi) is 5.39. The molecule has 1 heterocycles. The van der Waals surface area contributed by atoms with Crippen LogP contribution >= 0.6 is 0 Å². The molecule has 2 aromatic carbocycles. The van der Waals surface area contributed by atoms with Crippen molar-refractivity contribution in [3.63, 3.8) is 0 Å². The van der Waals surface area contributed by atoms with Crippen molar-refractivity contribution in [2.24, 2.45) is 5.92 Å². The minimum Gasteiger partial charge on any atom is -0.497 e. The predicted octanol–water partition coefficient (Wildman–Crippen LogP) is 3.88. The van der Waals surface area contributed by atoms with Crippen molar-refractivity contribution in [2.45, 2.75) is 26.9 Å². The number of carbonyl (C=O) groups is 1. The maximum Gasteiger partial charge on any atom is 0.227 e. The number of nitrogens with zero attached hydrogens (tertiary/aromatic N) is 1. The van der Waals surface area contributed by atoms with E-state index in [1.54, 1.807) is 7.11 Å². The quantitative estimate of drug-likeness (QED) is 0.802. The topological polar surface area (TPSA) is 38.8 Å². The summed E-state index contributed by atoms with van der Waals surface area (Å²) in [5, 5.41) is 0. The first-order valence-corrected chi connectivity index (χ1v) is 8.65. The Labute approximate surface area is 149 Å². The summed E-state index contributed by atoms with van der Waals surface area (Å²) in [4.78, 5) is 14.4. The zero-order chi connectivity index (χ0) is 17.8. The van der Waals surface area contributed by atoms with E-state index in [4.69, 9.17) is 9.47 Å². The molecule has 3 rings (SSSR count). The van der Waals surface area contributed by atoms with Crippen molar-refractivity contribution in [3.8, 4) is 5.75 Å². The van der Waals surface area contributed by atoms with E-state index in [1.165, 1.54) is 0 Å². The van der Waals surface area contributed by atoms with Crippen LogP contribution in [0.25, 0.3) is 0 Å². The summed E-state index contributed by atoms with van der Waals surface area (Å²) in [6.45, 7) is 6.00. The minimum absolute atomic E-state index is 0.190. The zero-order valence-corrected chi connectivity index (χ0v) is 15.1. The van der Waals surface area contributed by atoms with Gasteiger partial charge in [0.05, 0.1) is 20.3 Å². The predicted molar refractivity (Wildman–Crippen MR) is 99.0 cm³/mol. The Morgan fingerprint density at radius 2 is 1.76 bits per heavy atom. The Hall–Kier alpha value is -2.33. The molecule has 0 N–H and O–H groups in total. The summed E-state index contributed by atoms with van der Waals surface area (Å²) >= 11 is 0. The first kappa shape index (κ1) is 17.5. The van der Waals surface area contributed by atoms with Gasteiger partial charge in [0.25, 0.3) is 0 Å². The van der Waals surface area contributed by atoms with Crippen molar-refractivity contribution in [3.05, 3.63) is 59.2 Å². The van der Waals surface area contributed by atoms with E-state index in [2.05, 4.69) is 26.0 Å². The first-order valence-electron chi connectivity index (χ1n) is 8.65. The highest BCUT2D eigenvalue weighted by Gasteiger charge is 2.32. The van der Waals surface area contributed by atoms with Gasteiger partial charge in [0.2, 0.25) is 5.91 Å². The van der Waals surface area contributed by atoms with Crippen LogP contribution in [-0.2, 0) is 16.1 Å². The summed E-state index contributed by atoms with van der Waals surface area (Å²) in [6, 6.07) is 14.0. The van der Waals surface area contributed by atoms with Gasteiger partial charge in [-0.05, 0) is 42.7 Å². The number of hydrogen-bond acceptors (Lipinski definition) is 3. The van der Waals surface area contributed by atoms with E-state index in [0.717, 1.165) is 34.7 Å². The molecule has 1 aliphatic heterocycles. The van der Waals surface area contributed by atoms with Crippen LogP contribution in [0.4, 0.5) is 5.69 Å². The van der Waals surface area contributed by atoms with E-state index in [1.807, 2.05) is 35.2 Å². The molecule has 1 amide bonds. The van der Waals surface area contributed by atoms with Gasteiger partial charge in [0.1, 0.15) is 5.75 Å². The lowest BCUT2D eigenvalue weighted by Crippen LogP contribution is -2.26. The molecule has 4 nitrogen and oxygen atoms in total. The number of anilines is 1. The molecule has 0 aromatic heterocycles. The molecule has 132 valence electrons. The molecule has 25 heavy (non-hydrogen) atoms. The number of rotatable bonds is 6. The smallest absolute Gasteiger partial charge is 0.227 e. The summed E-state index contributed by atoms with van der Waals surface area (Å²) in [6.07, 6.45) is 0.552. The normalized spacial score (nSPS) is 17.2. The third-order valence-corrected chi connectivity index (χ3v) is 4.70. The van der Waals surface area contributed by atoms with Crippen LogP contribution in [0.2, 0.25) is 0 Å². The second-order valence-corrected chi connectivity index (χ2v) is 6.68. The van der Waals surface area contributed by atoms with Crippen molar-refractivity contribution < 1.29 is 14.3 Å². The molecule has 1 fully saturated rings. The maximum absolute atomic E-state index is 12.4. The molecule has 0 aliphatic carbocycles. The molecular formula is C21H25NO3. The van der Waals surface area contributed by atoms with Gasteiger partial charge in [0, 0.05) is 24.6 Å². The van der Waals surface area contributed by atoms with Crippen molar-refractivity contribution in [1.82, 2.24) is 0 Å². The summed E-state index contributed by atoms with van der Waals surface area (Å²) in [5.74, 6) is 1.27. The highest BCUT2D eigenvalue weighted by molar-refractivity contribution is 5.97. The van der Waals surface area contributed by atoms with E-state index < -0.39 is 0 Å². The summed E-state index contributed by atoms with van der Waals surface area (Å²) in [5.41, 5.74) is 4.46. The fourth-order valence-electron chi connectivity index (χ4n) is 3.41. The number of methoxy groups -OCH3 is 1. The molecule has 2 aromatic rings. The highest BCUT2D eigenvalue weighted by Crippen LogP contribution is 2.31. The van der Waals surface area contributed by atoms with Crippen LogP contribution in [0, 0.1) is 19.8 Å². The van der Waals surface area contributed by atoms with Crippen LogP contribution in [0.5, 0.6) is 5.75 Å². The fourth-order valence-corrected chi connectivity index (χ4v) is 3.41. The Morgan fingerprint density at radius 1 is 1.08 bits per heavy atom. The molecule has 0 spiro atoms. The number of carbonyl (C=O) groups excluding carboxylic acids is 1. The number of hydrogen-bond donors (Lipinski definition) is 0. The zero-order valence-electron chi connectivity index (χ0n) is 15.1. The van der Waals surface area contributed by atoms with Gasteiger partial charge < -0.3 is 14.4 Å². The van der Waals surface area contributed by atoms with Crippen LogP contribution in [0.1, 0.15) is 23.1 Å². The second-order valence-electron chi connectivity index (χ2n) is 6.68. The van der Waals surface area contributed by atoms with Gasteiger partial charge >= 0.3 is 0 Å². The number of amides is 1. The summed E-state index contributed by atoms with van der Waals surface area (Å²) < 4.78 is 11.0. The molecular weight excluding hydrogens is 314 g/mol. The van der Waals surface area contributed by atoms with Crippen molar-refractivity contribution in [2.75, 3.05) is 25.2 Å². The number of ether oxygens (including phenoxy) is 2. The van der Waals surface area contributed by atoms with Crippen LogP contribution in [0.15, 0.2) is 42.5 Å². The average molecular weight is 339 g/mol. The van der Waals surface area contributed by atoms with Crippen molar-refractivity contribution in [1.29, 1.82) is 0 Å². The molecule has 1 saturated heterocycles. The molecule has 0 saturated carbocycles.